The number of carbonyl (C=O) groups is 1. The topological polar surface area (TPSA) is 110 Å². The van der Waals surface area contributed by atoms with Gasteiger partial charge in [0.25, 0.3) is 0 Å². The minimum atomic E-state index is -1.14. The van der Waals surface area contributed by atoms with Crippen molar-refractivity contribution < 1.29 is 19.1 Å². The SMILES string of the molecule is CC[C@H](NC(=O)OC(C)(C)C)C(O)c1nnc(-c2cccnc2)o1. The van der Waals surface area contributed by atoms with E-state index in [1.165, 1.54) is 0 Å². The molecule has 0 spiro atoms. The maximum absolute atomic E-state index is 11.9. The zero-order chi connectivity index (χ0) is 17.7. The second-order valence-corrected chi connectivity index (χ2v) is 6.29. The molecule has 0 aliphatic heterocycles. The van der Waals surface area contributed by atoms with E-state index in [4.69, 9.17) is 9.15 Å². The third-order valence-electron chi connectivity index (χ3n) is 3.13. The lowest BCUT2D eigenvalue weighted by atomic mass is 10.1. The van der Waals surface area contributed by atoms with Gasteiger partial charge in [-0.1, -0.05) is 6.92 Å². The van der Waals surface area contributed by atoms with E-state index in [-0.39, 0.29) is 11.8 Å². The minimum Gasteiger partial charge on any atom is -0.444 e. The number of alkyl carbamates (subject to hydrolysis) is 1. The van der Waals surface area contributed by atoms with Crippen molar-refractivity contribution in [1.29, 1.82) is 0 Å². The zero-order valence-electron chi connectivity index (χ0n) is 14.2. The molecule has 8 heteroatoms. The number of amides is 1. The molecule has 2 rings (SSSR count). The van der Waals surface area contributed by atoms with Gasteiger partial charge >= 0.3 is 6.09 Å². The first-order chi connectivity index (χ1) is 11.3. The van der Waals surface area contributed by atoms with Crippen molar-refractivity contribution in [3.8, 4) is 11.5 Å². The molecule has 0 bridgehead atoms. The number of nitrogens with one attached hydrogen (secondary N) is 1. The van der Waals surface area contributed by atoms with Crippen LogP contribution in [0, 0.1) is 0 Å². The number of ether oxygens (including phenoxy) is 1. The lowest BCUT2D eigenvalue weighted by Crippen LogP contribution is -2.42. The van der Waals surface area contributed by atoms with Crippen LogP contribution in [-0.2, 0) is 4.74 Å². The summed E-state index contributed by atoms with van der Waals surface area (Å²) in [6.45, 7) is 7.12. The lowest BCUT2D eigenvalue weighted by Gasteiger charge is -2.24. The van der Waals surface area contributed by atoms with E-state index < -0.39 is 23.8 Å². The van der Waals surface area contributed by atoms with E-state index in [0.717, 1.165) is 0 Å². The Kier molecular flexibility index (Phi) is 5.50. The number of hydrogen-bond acceptors (Lipinski definition) is 7. The number of aromatic nitrogens is 3. The number of pyridine rings is 1. The van der Waals surface area contributed by atoms with Gasteiger partial charge in [-0.25, -0.2) is 4.79 Å². The molecule has 0 aliphatic rings. The largest absolute Gasteiger partial charge is 0.444 e. The Morgan fingerprint density at radius 2 is 2.17 bits per heavy atom. The summed E-state index contributed by atoms with van der Waals surface area (Å²) >= 11 is 0. The smallest absolute Gasteiger partial charge is 0.407 e. The standard InChI is InChI=1S/C16H22N4O4/c1-5-11(18-15(22)24-16(2,3)4)12(21)14-20-19-13(23-14)10-7-6-8-17-9-10/h6-9,11-12,21H,5H2,1-4H3,(H,18,22)/t11-,12?/m0/s1. The summed E-state index contributed by atoms with van der Waals surface area (Å²) in [4.78, 5) is 15.8. The molecule has 2 heterocycles. The van der Waals surface area contributed by atoms with Crippen molar-refractivity contribution in [2.45, 2.75) is 51.9 Å². The molecule has 8 nitrogen and oxygen atoms in total. The Morgan fingerprint density at radius 1 is 1.42 bits per heavy atom. The lowest BCUT2D eigenvalue weighted by molar-refractivity contribution is 0.0385. The van der Waals surface area contributed by atoms with Crippen LogP contribution in [0.3, 0.4) is 0 Å². The van der Waals surface area contributed by atoms with Crippen LogP contribution < -0.4 is 5.32 Å². The van der Waals surface area contributed by atoms with E-state index in [9.17, 15) is 9.90 Å². The first-order valence-corrected chi connectivity index (χ1v) is 7.71. The second kappa shape index (κ2) is 7.39. The van der Waals surface area contributed by atoms with Gasteiger partial charge in [-0.3, -0.25) is 4.98 Å². The molecule has 1 unspecified atom stereocenters. The number of rotatable bonds is 5. The van der Waals surface area contributed by atoms with Gasteiger partial charge in [0.05, 0.1) is 11.6 Å². The molecule has 1 amide bonds. The monoisotopic (exact) mass is 334 g/mol. The highest BCUT2D eigenvalue weighted by Crippen LogP contribution is 2.23. The average Bonchev–Trinajstić information content (AvgIpc) is 3.01. The molecule has 24 heavy (non-hydrogen) atoms. The van der Waals surface area contributed by atoms with Gasteiger partial charge in [-0.15, -0.1) is 10.2 Å². The van der Waals surface area contributed by atoms with Gasteiger partial charge in [0.2, 0.25) is 11.8 Å². The number of hydrogen-bond donors (Lipinski definition) is 2. The highest BCUT2D eigenvalue weighted by atomic mass is 16.6. The summed E-state index contributed by atoms with van der Waals surface area (Å²) in [5.74, 6) is 0.279. The van der Waals surface area contributed by atoms with E-state index in [1.807, 2.05) is 6.92 Å². The highest BCUT2D eigenvalue weighted by Gasteiger charge is 2.28. The Bertz CT molecular complexity index is 666. The second-order valence-electron chi connectivity index (χ2n) is 6.29. The molecule has 0 saturated heterocycles. The Balaban J connectivity index is 2.07. The van der Waals surface area contributed by atoms with Crippen LogP contribution in [0.2, 0.25) is 0 Å². The third-order valence-corrected chi connectivity index (χ3v) is 3.13. The Labute approximate surface area is 140 Å². The number of nitrogens with zero attached hydrogens (tertiary/aromatic N) is 3. The Hall–Kier alpha value is -2.48. The van der Waals surface area contributed by atoms with Crippen LogP contribution >= 0.6 is 0 Å². The molecule has 0 radical (unpaired) electrons. The molecule has 0 saturated carbocycles. The summed E-state index contributed by atoms with van der Waals surface area (Å²) in [6, 6.07) is 2.91. The molecule has 2 N–H and O–H groups in total. The van der Waals surface area contributed by atoms with Gasteiger partial charge in [-0.2, -0.15) is 0 Å². The summed E-state index contributed by atoms with van der Waals surface area (Å²) in [6.07, 6.45) is 1.93. The molecule has 2 aromatic rings. The molecule has 0 aromatic carbocycles. The van der Waals surface area contributed by atoms with Gasteiger partial charge in [0.1, 0.15) is 5.60 Å². The highest BCUT2D eigenvalue weighted by molar-refractivity contribution is 5.68. The summed E-state index contributed by atoms with van der Waals surface area (Å²) < 4.78 is 10.7. The van der Waals surface area contributed by atoms with E-state index >= 15 is 0 Å². The van der Waals surface area contributed by atoms with Crippen molar-refractivity contribution in [2.24, 2.45) is 0 Å². The van der Waals surface area contributed by atoms with Crippen LogP contribution in [0.5, 0.6) is 0 Å². The zero-order valence-corrected chi connectivity index (χ0v) is 14.2. The summed E-state index contributed by atoms with van der Waals surface area (Å²) in [5.41, 5.74) is 0.0299. The van der Waals surface area contributed by atoms with Crippen LogP contribution in [0.15, 0.2) is 28.9 Å². The van der Waals surface area contributed by atoms with E-state index in [2.05, 4.69) is 20.5 Å². The maximum atomic E-state index is 11.9. The molecular weight excluding hydrogens is 312 g/mol. The van der Waals surface area contributed by atoms with Crippen molar-refractivity contribution in [2.75, 3.05) is 0 Å². The first-order valence-electron chi connectivity index (χ1n) is 7.71. The van der Waals surface area contributed by atoms with Gasteiger partial charge in [0, 0.05) is 12.4 Å². The minimum absolute atomic E-state index is 0.0248. The molecule has 2 atom stereocenters. The van der Waals surface area contributed by atoms with Crippen molar-refractivity contribution in [3.63, 3.8) is 0 Å². The van der Waals surface area contributed by atoms with Crippen molar-refractivity contribution >= 4 is 6.09 Å². The van der Waals surface area contributed by atoms with Gasteiger partial charge in [-0.05, 0) is 39.3 Å². The molecule has 130 valence electrons. The fourth-order valence-electron chi connectivity index (χ4n) is 2.00. The molecule has 0 fully saturated rings. The van der Waals surface area contributed by atoms with Crippen molar-refractivity contribution in [1.82, 2.24) is 20.5 Å². The van der Waals surface area contributed by atoms with E-state index in [1.54, 1.807) is 45.3 Å². The number of carbonyl (C=O) groups excluding carboxylic acids is 1. The number of aliphatic hydroxyl groups excluding tert-OH is 1. The molecule has 2 aromatic heterocycles. The Morgan fingerprint density at radius 3 is 2.75 bits per heavy atom. The first kappa shape index (κ1) is 17.9. The molecule has 0 aliphatic carbocycles. The summed E-state index contributed by atoms with van der Waals surface area (Å²) in [5, 5.41) is 20.8. The maximum Gasteiger partial charge on any atom is 0.407 e. The van der Waals surface area contributed by atoms with Crippen LogP contribution in [0.25, 0.3) is 11.5 Å². The van der Waals surface area contributed by atoms with Crippen molar-refractivity contribution in [3.05, 3.63) is 30.4 Å². The predicted octanol–water partition coefficient (Wildman–Crippen LogP) is 2.47. The van der Waals surface area contributed by atoms with Crippen LogP contribution in [0.4, 0.5) is 4.79 Å². The quantitative estimate of drug-likeness (QED) is 0.864. The van der Waals surface area contributed by atoms with E-state index in [0.29, 0.717) is 12.0 Å². The number of aliphatic hydroxyl groups is 1. The normalized spacial score (nSPS) is 14.0. The fraction of sp³-hybridized carbons (Fsp3) is 0.500. The fourth-order valence-corrected chi connectivity index (χ4v) is 2.00. The van der Waals surface area contributed by atoms with Gasteiger partial charge in [0.15, 0.2) is 6.10 Å². The third kappa shape index (κ3) is 4.76. The average molecular weight is 334 g/mol. The molecular formula is C16H22N4O4. The van der Waals surface area contributed by atoms with Crippen LogP contribution in [-0.4, -0.2) is 38.0 Å². The van der Waals surface area contributed by atoms with Gasteiger partial charge < -0.3 is 19.6 Å². The summed E-state index contributed by atoms with van der Waals surface area (Å²) in [7, 11) is 0. The predicted molar refractivity (Wildman–Crippen MR) is 85.9 cm³/mol. The van der Waals surface area contributed by atoms with Crippen LogP contribution in [0.1, 0.15) is 46.1 Å².